The fourth-order valence-corrected chi connectivity index (χ4v) is 2.76. The molecule has 0 saturated heterocycles. The summed E-state index contributed by atoms with van der Waals surface area (Å²) in [5.41, 5.74) is 0. The van der Waals surface area contributed by atoms with E-state index in [1.54, 1.807) is 0 Å². The summed E-state index contributed by atoms with van der Waals surface area (Å²) in [6, 6.07) is 10.0. The van der Waals surface area contributed by atoms with Crippen molar-refractivity contribution in [3.05, 3.63) is 30.3 Å². The van der Waals surface area contributed by atoms with Gasteiger partial charge in [-0.15, -0.1) is 0 Å². The maximum Gasteiger partial charge on any atom is 0.234 e. The van der Waals surface area contributed by atoms with Crippen molar-refractivity contribution in [2.24, 2.45) is 10.8 Å². The summed E-state index contributed by atoms with van der Waals surface area (Å²) in [5, 5.41) is 13.6. The highest BCUT2D eigenvalue weighted by Gasteiger charge is 2.39. The van der Waals surface area contributed by atoms with Crippen LogP contribution in [0.15, 0.2) is 30.3 Å². The molecule has 72 valence electrons. The Labute approximate surface area is 81.1 Å². The van der Waals surface area contributed by atoms with E-state index < -0.39 is 8.40 Å². The molecule has 0 aliphatic carbocycles. The van der Waals surface area contributed by atoms with Gasteiger partial charge in [0.2, 0.25) is 8.40 Å². The van der Waals surface area contributed by atoms with E-state index in [0.29, 0.717) is 0 Å². The Morgan fingerprint density at radius 1 is 1.00 bits per heavy atom. The van der Waals surface area contributed by atoms with Crippen molar-refractivity contribution in [1.82, 2.24) is 0 Å². The maximum atomic E-state index is 6.23. The Morgan fingerprint density at radius 2 is 1.46 bits per heavy atom. The second-order valence-corrected chi connectivity index (χ2v) is 8.30. The molecule has 4 N–H and O–H groups in total. The van der Waals surface area contributed by atoms with Gasteiger partial charge in [0.1, 0.15) is 0 Å². The van der Waals surface area contributed by atoms with Crippen molar-refractivity contribution in [3.8, 4) is 0 Å². The normalized spacial score (nSPS) is 13.0. The second kappa shape index (κ2) is 3.25. The second-order valence-electron chi connectivity index (χ2n) is 4.49. The standard InChI is InChI=1S/C10H18N2Si/c1-10(2,3)13(11,12)9-7-5-4-6-8-9/h4-8H,11-12H2,1-3H3. The minimum absolute atomic E-state index is 0.00560. The van der Waals surface area contributed by atoms with Crippen molar-refractivity contribution < 1.29 is 0 Å². The Balaban J connectivity index is 3.08. The Morgan fingerprint density at radius 3 is 1.85 bits per heavy atom. The Bertz CT molecular complexity index is 275. The van der Waals surface area contributed by atoms with Crippen LogP contribution in [0.2, 0.25) is 5.04 Å². The molecule has 0 unspecified atom stereocenters. The zero-order valence-corrected chi connectivity index (χ0v) is 9.54. The maximum absolute atomic E-state index is 6.23. The average Bonchev–Trinajstić information content (AvgIpc) is 2.04. The number of hydrogen-bond donors (Lipinski definition) is 2. The predicted molar refractivity (Wildman–Crippen MR) is 59.9 cm³/mol. The zero-order chi connectivity index (χ0) is 10.1. The summed E-state index contributed by atoms with van der Waals surface area (Å²) in [4.78, 5) is 0. The summed E-state index contributed by atoms with van der Waals surface area (Å²) < 4.78 is 0. The van der Waals surface area contributed by atoms with Crippen LogP contribution in [0.3, 0.4) is 0 Å². The van der Waals surface area contributed by atoms with Crippen LogP contribution in [0.1, 0.15) is 20.8 Å². The van der Waals surface area contributed by atoms with Crippen LogP contribution < -0.4 is 16.0 Å². The van der Waals surface area contributed by atoms with Crippen LogP contribution in [0.25, 0.3) is 0 Å². The molecule has 0 bridgehead atoms. The van der Waals surface area contributed by atoms with Gasteiger partial charge < -0.3 is 10.8 Å². The molecule has 1 aromatic carbocycles. The van der Waals surface area contributed by atoms with E-state index in [4.69, 9.17) is 10.8 Å². The Kier molecular flexibility index (Phi) is 2.61. The molecule has 0 aliphatic heterocycles. The molecular weight excluding hydrogens is 176 g/mol. The van der Waals surface area contributed by atoms with Gasteiger partial charge in [0, 0.05) is 0 Å². The molecule has 1 rings (SSSR count). The van der Waals surface area contributed by atoms with Gasteiger partial charge in [0.05, 0.1) is 0 Å². The molecule has 0 fully saturated rings. The molecule has 0 aliphatic rings. The summed E-state index contributed by atoms with van der Waals surface area (Å²) in [6.07, 6.45) is 0. The summed E-state index contributed by atoms with van der Waals surface area (Å²) in [5.74, 6) is 0. The molecule has 13 heavy (non-hydrogen) atoms. The highest BCUT2D eigenvalue weighted by Crippen LogP contribution is 2.28. The first kappa shape index (κ1) is 10.4. The van der Waals surface area contributed by atoms with Gasteiger partial charge >= 0.3 is 0 Å². The van der Waals surface area contributed by atoms with E-state index in [-0.39, 0.29) is 5.04 Å². The van der Waals surface area contributed by atoms with Gasteiger partial charge in [-0.05, 0) is 10.2 Å². The summed E-state index contributed by atoms with van der Waals surface area (Å²) in [6.45, 7) is 6.31. The fourth-order valence-electron chi connectivity index (χ4n) is 1.15. The molecule has 2 nitrogen and oxygen atoms in total. The number of nitrogens with two attached hydrogens (primary N) is 2. The van der Waals surface area contributed by atoms with Crippen LogP contribution in [0.4, 0.5) is 0 Å². The highest BCUT2D eigenvalue weighted by atomic mass is 28.3. The fraction of sp³-hybridized carbons (Fsp3) is 0.400. The van der Waals surface area contributed by atoms with E-state index in [0.717, 1.165) is 5.19 Å². The monoisotopic (exact) mass is 194 g/mol. The van der Waals surface area contributed by atoms with Crippen molar-refractivity contribution in [1.29, 1.82) is 0 Å². The van der Waals surface area contributed by atoms with Crippen LogP contribution in [-0.2, 0) is 0 Å². The molecule has 0 heterocycles. The molecule has 1 aromatic rings. The third-order valence-corrected chi connectivity index (χ3v) is 6.26. The lowest BCUT2D eigenvalue weighted by molar-refractivity contribution is 0.718. The average molecular weight is 194 g/mol. The van der Waals surface area contributed by atoms with Gasteiger partial charge in [0.15, 0.2) is 0 Å². The molecule has 0 atom stereocenters. The topological polar surface area (TPSA) is 52.0 Å². The first-order valence-electron chi connectivity index (χ1n) is 4.49. The number of rotatable bonds is 1. The third kappa shape index (κ3) is 1.99. The van der Waals surface area contributed by atoms with Crippen LogP contribution in [-0.4, -0.2) is 8.40 Å². The lowest BCUT2D eigenvalue weighted by Crippen LogP contribution is -2.71. The SMILES string of the molecule is CC(C)(C)[Si](N)(N)c1ccccc1. The first-order chi connectivity index (χ1) is 5.86. The van der Waals surface area contributed by atoms with Gasteiger partial charge in [-0.1, -0.05) is 51.1 Å². The van der Waals surface area contributed by atoms with Crippen molar-refractivity contribution in [2.45, 2.75) is 25.8 Å². The molecule has 0 saturated carbocycles. The van der Waals surface area contributed by atoms with E-state index >= 15 is 0 Å². The quantitative estimate of drug-likeness (QED) is 0.657. The third-order valence-electron chi connectivity index (χ3n) is 2.49. The van der Waals surface area contributed by atoms with Crippen LogP contribution in [0.5, 0.6) is 0 Å². The van der Waals surface area contributed by atoms with Crippen LogP contribution >= 0.6 is 0 Å². The first-order valence-corrected chi connectivity index (χ1v) is 6.64. The minimum atomic E-state index is -2.28. The van der Waals surface area contributed by atoms with E-state index in [2.05, 4.69) is 20.8 Å². The number of hydrogen-bond acceptors (Lipinski definition) is 2. The van der Waals surface area contributed by atoms with Gasteiger partial charge in [0.25, 0.3) is 0 Å². The van der Waals surface area contributed by atoms with Crippen LogP contribution in [0, 0.1) is 0 Å². The molecular formula is C10H18N2Si. The predicted octanol–water partition coefficient (Wildman–Crippen LogP) is 1.05. The van der Waals surface area contributed by atoms with Crippen molar-refractivity contribution in [2.75, 3.05) is 0 Å². The van der Waals surface area contributed by atoms with E-state index in [1.807, 2.05) is 30.3 Å². The molecule has 0 amide bonds. The molecule has 3 heteroatoms. The minimum Gasteiger partial charge on any atom is -0.335 e. The van der Waals surface area contributed by atoms with Gasteiger partial charge in [-0.2, -0.15) is 0 Å². The summed E-state index contributed by atoms with van der Waals surface area (Å²) in [7, 11) is -2.28. The van der Waals surface area contributed by atoms with E-state index in [1.165, 1.54) is 0 Å². The lowest BCUT2D eigenvalue weighted by atomic mass is 10.2. The largest absolute Gasteiger partial charge is 0.335 e. The lowest BCUT2D eigenvalue weighted by Gasteiger charge is -2.35. The van der Waals surface area contributed by atoms with Crippen molar-refractivity contribution >= 4 is 13.6 Å². The Hall–Kier alpha value is -0.643. The van der Waals surface area contributed by atoms with Crippen molar-refractivity contribution in [3.63, 3.8) is 0 Å². The van der Waals surface area contributed by atoms with E-state index in [9.17, 15) is 0 Å². The zero-order valence-electron chi connectivity index (χ0n) is 8.54. The molecule has 0 spiro atoms. The summed E-state index contributed by atoms with van der Waals surface area (Å²) >= 11 is 0. The van der Waals surface area contributed by atoms with Gasteiger partial charge in [-0.3, -0.25) is 0 Å². The molecule has 0 radical (unpaired) electrons. The van der Waals surface area contributed by atoms with Gasteiger partial charge in [-0.25, -0.2) is 0 Å². The molecule has 0 aromatic heterocycles. The number of benzene rings is 1. The smallest absolute Gasteiger partial charge is 0.234 e. The highest BCUT2D eigenvalue weighted by molar-refractivity contribution is 6.88.